The fourth-order valence-electron chi connectivity index (χ4n) is 2.31. The summed E-state index contributed by atoms with van der Waals surface area (Å²) in [5, 5.41) is 18.5. The van der Waals surface area contributed by atoms with E-state index < -0.39 is 0 Å². The van der Waals surface area contributed by atoms with Crippen LogP contribution in [0.2, 0.25) is 0 Å². The number of carbonyl (C=O) groups is 1. The van der Waals surface area contributed by atoms with E-state index >= 15 is 0 Å². The third-order valence-corrected chi connectivity index (χ3v) is 4.62. The quantitative estimate of drug-likeness (QED) is 0.610. The number of aromatic nitrogens is 1. The van der Waals surface area contributed by atoms with Crippen LogP contribution in [0.1, 0.15) is 40.8 Å². The van der Waals surface area contributed by atoms with Gasteiger partial charge < -0.3 is 15.7 Å². The van der Waals surface area contributed by atoms with Gasteiger partial charge in [0.25, 0.3) is 5.91 Å². The Kier molecular flexibility index (Phi) is 7.21. The monoisotopic (exact) mass is 347 g/mol. The van der Waals surface area contributed by atoms with E-state index in [0.717, 1.165) is 35.8 Å². The lowest BCUT2D eigenvalue weighted by Crippen LogP contribution is -2.36. The summed E-state index contributed by atoms with van der Waals surface area (Å²) in [4.78, 5) is 16.5. The summed E-state index contributed by atoms with van der Waals surface area (Å²) in [6.45, 7) is 4.78. The zero-order valence-corrected chi connectivity index (χ0v) is 15.0. The summed E-state index contributed by atoms with van der Waals surface area (Å²) in [6, 6.07) is 7.21. The summed E-state index contributed by atoms with van der Waals surface area (Å²) < 4.78 is 0. The van der Waals surface area contributed by atoms with Crippen LogP contribution in [0.3, 0.4) is 0 Å². The van der Waals surface area contributed by atoms with Gasteiger partial charge >= 0.3 is 0 Å². The van der Waals surface area contributed by atoms with Gasteiger partial charge in [-0.1, -0.05) is 6.92 Å². The highest BCUT2D eigenvalue weighted by Gasteiger charge is 2.10. The van der Waals surface area contributed by atoms with Crippen molar-refractivity contribution in [1.82, 2.24) is 10.3 Å². The Labute approximate surface area is 147 Å². The largest absolute Gasteiger partial charge is 0.394 e. The lowest BCUT2D eigenvalue weighted by molar-refractivity contribution is 0.0915. The maximum atomic E-state index is 12.1. The normalized spacial score (nSPS) is 12.0. The number of rotatable bonds is 9. The number of nitrogens with one attached hydrogen (secondary N) is 2. The number of hydrogen-bond donors (Lipinski definition) is 3. The molecule has 1 unspecified atom stereocenters. The zero-order chi connectivity index (χ0) is 17.4. The van der Waals surface area contributed by atoms with E-state index in [4.69, 9.17) is 5.11 Å². The molecule has 5 nitrogen and oxygen atoms in total. The van der Waals surface area contributed by atoms with Gasteiger partial charge in [-0.3, -0.25) is 4.79 Å². The Morgan fingerprint density at radius 3 is 2.67 bits per heavy atom. The van der Waals surface area contributed by atoms with Crippen molar-refractivity contribution >= 4 is 22.9 Å². The molecular weight excluding hydrogens is 322 g/mol. The fourth-order valence-corrected chi connectivity index (χ4v) is 2.96. The van der Waals surface area contributed by atoms with Gasteiger partial charge in [-0.05, 0) is 50.5 Å². The van der Waals surface area contributed by atoms with Crippen LogP contribution in [0, 0.1) is 6.92 Å². The number of amides is 1. The van der Waals surface area contributed by atoms with Crippen molar-refractivity contribution in [3.8, 4) is 0 Å². The summed E-state index contributed by atoms with van der Waals surface area (Å²) >= 11 is 1.69. The van der Waals surface area contributed by atoms with Gasteiger partial charge in [0.1, 0.15) is 0 Å². The first kappa shape index (κ1) is 18.4. The average molecular weight is 347 g/mol. The number of carbonyl (C=O) groups excluding carboxylic acids is 1. The molecule has 1 atom stereocenters. The Bertz CT molecular complexity index is 636. The van der Waals surface area contributed by atoms with Crippen LogP contribution in [0.4, 0.5) is 5.69 Å². The van der Waals surface area contributed by atoms with E-state index in [1.807, 2.05) is 26.0 Å². The van der Waals surface area contributed by atoms with Crippen molar-refractivity contribution in [2.45, 2.75) is 39.2 Å². The number of benzene rings is 1. The van der Waals surface area contributed by atoms with Crippen molar-refractivity contribution in [1.29, 1.82) is 0 Å². The van der Waals surface area contributed by atoms with Gasteiger partial charge in [-0.25, -0.2) is 4.98 Å². The van der Waals surface area contributed by atoms with Gasteiger partial charge in [-0.15, -0.1) is 11.3 Å². The van der Waals surface area contributed by atoms with Crippen molar-refractivity contribution in [3.63, 3.8) is 0 Å². The molecule has 1 amide bonds. The number of aliphatic hydroxyl groups excluding tert-OH is 1. The standard InChI is InChI=1S/C18H25N3O2S/c1-3-15(11-22)21-18(23)14-6-8-16(9-7-14)19-10-4-5-17-12-24-13(2)20-17/h6-9,12,15,19,22H,3-5,10-11H2,1-2H3,(H,21,23). The molecule has 0 fully saturated rings. The van der Waals surface area contributed by atoms with Crippen LogP contribution in [0.5, 0.6) is 0 Å². The van der Waals surface area contributed by atoms with Gasteiger partial charge in [0.15, 0.2) is 0 Å². The first-order valence-corrected chi connectivity index (χ1v) is 9.17. The minimum Gasteiger partial charge on any atom is -0.394 e. The molecule has 1 aromatic heterocycles. The molecule has 0 saturated carbocycles. The number of nitrogens with zero attached hydrogens (tertiary/aromatic N) is 1. The van der Waals surface area contributed by atoms with Gasteiger partial charge in [-0.2, -0.15) is 0 Å². The highest BCUT2D eigenvalue weighted by atomic mass is 32.1. The molecule has 2 aromatic rings. The second-order valence-electron chi connectivity index (χ2n) is 5.73. The predicted octanol–water partition coefficient (Wildman–Crippen LogP) is 3.00. The Morgan fingerprint density at radius 2 is 2.08 bits per heavy atom. The zero-order valence-electron chi connectivity index (χ0n) is 14.2. The van der Waals surface area contributed by atoms with E-state index in [9.17, 15) is 4.79 Å². The third-order valence-electron chi connectivity index (χ3n) is 3.80. The molecule has 0 aliphatic carbocycles. The van der Waals surface area contributed by atoms with Gasteiger partial charge in [0.2, 0.25) is 0 Å². The molecule has 0 bridgehead atoms. The second-order valence-corrected chi connectivity index (χ2v) is 6.79. The topological polar surface area (TPSA) is 74.2 Å². The summed E-state index contributed by atoms with van der Waals surface area (Å²) in [6.07, 6.45) is 2.69. The number of anilines is 1. The van der Waals surface area contributed by atoms with Crippen molar-refractivity contribution in [2.24, 2.45) is 0 Å². The SMILES string of the molecule is CCC(CO)NC(=O)c1ccc(NCCCc2csc(C)n2)cc1. The molecule has 6 heteroatoms. The van der Waals surface area contributed by atoms with Crippen LogP contribution >= 0.6 is 11.3 Å². The third kappa shape index (κ3) is 5.62. The number of aliphatic hydroxyl groups is 1. The number of hydrogen-bond acceptors (Lipinski definition) is 5. The van der Waals surface area contributed by atoms with Crippen molar-refractivity contribution < 1.29 is 9.90 Å². The molecule has 0 radical (unpaired) electrons. The predicted molar refractivity (Wildman–Crippen MR) is 98.7 cm³/mol. The number of aryl methyl sites for hydroxylation is 2. The molecule has 1 heterocycles. The van der Waals surface area contributed by atoms with Crippen LogP contribution in [0.15, 0.2) is 29.6 Å². The summed E-state index contributed by atoms with van der Waals surface area (Å²) in [5.41, 5.74) is 2.75. The first-order chi connectivity index (χ1) is 11.6. The molecule has 3 N–H and O–H groups in total. The molecule has 2 rings (SSSR count). The molecular formula is C18H25N3O2S. The van der Waals surface area contributed by atoms with E-state index in [2.05, 4.69) is 21.0 Å². The summed E-state index contributed by atoms with van der Waals surface area (Å²) in [5.74, 6) is -0.152. The second kappa shape index (κ2) is 9.39. The molecule has 0 saturated heterocycles. The van der Waals surface area contributed by atoms with Gasteiger partial charge in [0, 0.05) is 23.2 Å². The lowest BCUT2D eigenvalue weighted by atomic mass is 10.1. The van der Waals surface area contributed by atoms with Crippen LogP contribution in [0.25, 0.3) is 0 Å². The van der Waals surface area contributed by atoms with E-state index in [0.29, 0.717) is 12.0 Å². The lowest BCUT2D eigenvalue weighted by Gasteiger charge is -2.14. The Balaban J connectivity index is 1.76. The van der Waals surface area contributed by atoms with Gasteiger partial charge in [0.05, 0.1) is 23.4 Å². The van der Waals surface area contributed by atoms with E-state index in [1.165, 1.54) is 0 Å². The molecule has 24 heavy (non-hydrogen) atoms. The highest BCUT2D eigenvalue weighted by molar-refractivity contribution is 7.09. The summed E-state index contributed by atoms with van der Waals surface area (Å²) in [7, 11) is 0. The maximum Gasteiger partial charge on any atom is 0.251 e. The first-order valence-electron chi connectivity index (χ1n) is 8.29. The fraction of sp³-hybridized carbons (Fsp3) is 0.444. The Hall–Kier alpha value is -1.92. The molecule has 130 valence electrons. The molecule has 0 aliphatic heterocycles. The maximum absolute atomic E-state index is 12.1. The van der Waals surface area contributed by atoms with Crippen LogP contribution < -0.4 is 10.6 Å². The number of thiazole rings is 1. The minimum absolute atomic E-state index is 0.0413. The van der Waals surface area contributed by atoms with E-state index in [1.54, 1.807) is 23.5 Å². The van der Waals surface area contributed by atoms with Crippen LogP contribution in [-0.2, 0) is 6.42 Å². The smallest absolute Gasteiger partial charge is 0.251 e. The molecule has 0 spiro atoms. The average Bonchev–Trinajstić information content (AvgIpc) is 3.02. The van der Waals surface area contributed by atoms with Crippen LogP contribution in [-0.4, -0.2) is 35.2 Å². The van der Waals surface area contributed by atoms with Crippen molar-refractivity contribution in [2.75, 3.05) is 18.5 Å². The Morgan fingerprint density at radius 1 is 1.33 bits per heavy atom. The highest BCUT2D eigenvalue weighted by Crippen LogP contribution is 2.12. The molecule has 0 aliphatic rings. The van der Waals surface area contributed by atoms with E-state index in [-0.39, 0.29) is 18.6 Å². The molecule has 1 aromatic carbocycles. The minimum atomic E-state index is -0.190. The van der Waals surface area contributed by atoms with Crippen molar-refractivity contribution in [3.05, 3.63) is 45.9 Å².